The number of halogens is 1. The van der Waals surface area contributed by atoms with Crippen molar-refractivity contribution >= 4 is 33.2 Å². The van der Waals surface area contributed by atoms with E-state index in [1.165, 1.54) is 12.1 Å². The Morgan fingerprint density at radius 2 is 1.68 bits per heavy atom. The summed E-state index contributed by atoms with van der Waals surface area (Å²) in [5.74, 6) is 1.76. The van der Waals surface area contributed by atoms with Gasteiger partial charge in [0.1, 0.15) is 18.1 Å². The number of carbonyl (C=O) groups is 2. The van der Waals surface area contributed by atoms with Gasteiger partial charge < -0.3 is 14.2 Å². The molecule has 0 amide bonds. The lowest BCUT2D eigenvalue weighted by molar-refractivity contribution is -0.384. The number of nitro groups is 1. The number of ketones is 2. The molecule has 5 rings (SSSR count). The molecule has 37 heavy (non-hydrogen) atoms. The van der Waals surface area contributed by atoms with E-state index in [1.54, 1.807) is 12.1 Å². The van der Waals surface area contributed by atoms with Crippen LogP contribution in [0.2, 0.25) is 0 Å². The summed E-state index contributed by atoms with van der Waals surface area (Å²) in [6.07, 6.45) is 3.68. The van der Waals surface area contributed by atoms with Gasteiger partial charge >= 0.3 is 0 Å². The molecule has 9 heteroatoms. The van der Waals surface area contributed by atoms with Crippen LogP contribution in [0.15, 0.2) is 63.5 Å². The zero-order chi connectivity index (χ0) is 26.1. The topological polar surface area (TPSA) is 105 Å². The van der Waals surface area contributed by atoms with E-state index in [2.05, 4.69) is 15.9 Å². The normalized spacial score (nSPS) is 17.8. The number of hydrogen-bond donors (Lipinski definition) is 0. The molecule has 0 saturated heterocycles. The van der Waals surface area contributed by atoms with Crippen LogP contribution in [-0.4, -0.2) is 23.1 Å². The Labute approximate surface area is 222 Å². The van der Waals surface area contributed by atoms with E-state index in [-0.39, 0.29) is 23.9 Å². The highest BCUT2D eigenvalue weighted by Crippen LogP contribution is 2.50. The molecule has 0 unspecified atom stereocenters. The summed E-state index contributed by atoms with van der Waals surface area (Å²) < 4.78 is 18.7. The zero-order valence-corrected chi connectivity index (χ0v) is 22.0. The van der Waals surface area contributed by atoms with Gasteiger partial charge in [-0.2, -0.15) is 0 Å². The van der Waals surface area contributed by atoms with E-state index in [0.29, 0.717) is 76.5 Å². The van der Waals surface area contributed by atoms with E-state index < -0.39 is 10.8 Å². The van der Waals surface area contributed by atoms with Crippen molar-refractivity contribution in [3.63, 3.8) is 0 Å². The predicted octanol–water partition coefficient (Wildman–Crippen LogP) is 6.46. The zero-order valence-electron chi connectivity index (χ0n) is 20.4. The van der Waals surface area contributed by atoms with Crippen LogP contribution in [-0.2, 0) is 20.9 Å². The molecule has 192 valence electrons. The maximum Gasteiger partial charge on any atom is 0.269 e. The quantitative estimate of drug-likeness (QED) is 0.279. The van der Waals surface area contributed by atoms with E-state index >= 15 is 0 Å². The Morgan fingerprint density at radius 1 is 1.00 bits per heavy atom. The highest BCUT2D eigenvalue weighted by molar-refractivity contribution is 9.10. The minimum absolute atomic E-state index is 0.0104. The molecule has 0 spiro atoms. The van der Waals surface area contributed by atoms with Crippen molar-refractivity contribution in [2.45, 2.75) is 58.0 Å². The summed E-state index contributed by atoms with van der Waals surface area (Å²) in [5, 5.41) is 11.1. The molecule has 1 aliphatic heterocycles. The van der Waals surface area contributed by atoms with Gasteiger partial charge in [-0.05, 0) is 59.0 Å². The summed E-state index contributed by atoms with van der Waals surface area (Å²) in [6, 6.07) is 9.95. The molecule has 0 aromatic heterocycles. The molecule has 2 aromatic carbocycles. The lowest BCUT2D eigenvalue weighted by Gasteiger charge is -2.36. The first-order chi connectivity index (χ1) is 17.9. The van der Waals surface area contributed by atoms with Crippen molar-refractivity contribution in [3.8, 4) is 11.5 Å². The molecular formula is C28H26BrNO7. The van der Waals surface area contributed by atoms with E-state index in [9.17, 15) is 19.7 Å². The average molecular weight is 568 g/mol. The second-order valence-corrected chi connectivity index (χ2v) is 10.1. The van der Waals surface area contributed by atoms with Crippen LogP contribution in [0.4, 0.5) is 5.69 Å². The maximum atomic E-state index is 13.1. The largest absolute Gasteiger partial charge is 0.490 e. The summed E-state index contributed by atoms with van der Waals surface area (Å²) in [7, 11) is 0. The Balaban J connectivity index is 1.55. The lowest BCUT2D eigenvalue weighted by Crippen LogP contribution is -2.30. The molecule has 0 saturated carbocycles. The standard InChI is InChI=1S/C28H26BrNO7/c1-2-35-24-14-17(13-19(29)28(24)36-15-16-6-3-7-18(12-16)30(33)34)25-26-20(31)8-4-10-22(26)37-23-11-5-9-21(32)27(23)25/h3,6-7,12-14,25H,2,4-5,8-11,15H2,1H3. The molecule has 2 aromatic rings. The Morgan fingerprint density at radius 3 is 2.30 bits per heavy atom. The fraction of sp³-hybridized carbons (Fsp3) is 0.357. The van der Waals surface area contributed by atoms with Crippen LogP contribution < -0.4 is 9.47 Å². The molecule has 8 nitrogen and oxygen atoms in total. The van der Waals surface area contributed by atoms with Gasteiger partial charge in [0.15, 0.2) is 23.1 Å². The van der Waals surface area contributed by atoms with Gasteiger partial charge in [-0.1, -0.05) is 12.1 Å². The van der Waals surface area contributed by atoms with Gasteiger partial charge in [0, 0.05) is 54.9 Å². The van der Waals surface area contributed by atoms with Gasteiger partial charge in [-0.3, -0.25) is 19.7 Å². The highest BCUT2D eigenvalue weighted by Gasteiger charge is 2.42. The summed E-state index contributed by atoms with van der Waals surface area (Å²) >= 11 is 3.61. The molecule has 3 aliphatic rings. The maximum absolute atomic E-state index is 13.1. The second-order valence-electron chi connectivity index (χ2n) is 9.24. The first-order valence-corrected chi connectivity index (χ1v) is 13.2. The molecule has 1 heterocycles. The SMILES string of the molecule is CCOc1cc(C2C3=C(CCCC3=O)OC3=C2C(=O)CCC3)cc(Br)c1OCc1cccc([N+](=O)[O-])c1. The number of allylic oxidation sites excluding steroid dienone is 4. The molecule has 0 atom stereocenters. The monoisotopic (exact) mass is 567 g/mol. The Bertz CT molecular complexity index is 1320. The fourth-order valence-electron chi connectivity index (χ4n) is 5.22. The highest BCUT2D eigenvalue weighted by atomic mass is 79.9. The Kier molecular flexibility index (Phi) is 7.15. The van der Waals surface area contributed by atoms with Crippen LogP contribution in [0.3, 0.4) is 0 Å². The van der Waals surface area contributed by atoms with Crippen molar-refractivity contribution < 1.29 is 28.7 Å². The molecule has 2 aliphatic carbocycles. The summed E-state index contributed by atoms with van der Waals surface area (Å²) in [4.78, 5) is 36.9. The number of nitrogens with zero attached hydrogens (tertiary/aromatic N) is 1. The second kappa shape index (κ2) is 10.5. The average Bonchev–Trinajstić information content (AvgIpc) is 2.87. The summed E-state index contributed by atoms with van der Waals surface area (Å²) in [6.45, 7) is 2.32. The van der Waals surface area contributed by atoms with Gasteiger partial charge in [0.25, 0.3) is 5.69 Å². The molecule has 0 fully saturated rings. The van der Waals surface area contributed by atoms with Gasteiger partial charge in [0.2, 0.25) is 0 Å². The van der Waals surface area contributed by atoms with Crippen molar-refractivity contribution in [3.05, 3.63) is 84.8 Å². The summed E-state index contributed by atoms with van der Waals surface area (Å²) in [5.41, 5.74) is 2.52. The first-order valence-electron chi connectivity index (χ1n) is 12.4. The number of non-ortho nitro benzene ring substituents is 1. The smallest absolute Gasteiger partial charge is 0.269 e. The van der Waals surface area contributed by atoms with Gasteiger partial charge in [-0.25, -0.2) is 0 Å². The molecule has 0 N–H and O–H groups in total. The third-order valence-electron chi connectivity index (χ3n) is 6.81. The Hall–Kier alpha value is -3.46. The van der Waals surface area contributed by atoms with Gasteiger partial charge in [-0.15, -0.1) is 0 Å². The molecule has 0 radical (unpaired) electrons. The number of carbonyl (C=O) groups excluding carboxylic acids is 2. The van der Waals surface area contributed by atoms with E-state index in [0.717, 1.165) is 18.4 Å². The minimum atomic E-state index is -0.513. The van der Waals surface area contributed by atoms with Crippen LogP contribution in [0.25, 0.3) is 0 Å². The van der Waals surface area contributed by atoms with Crippen LogP contribution in [0.1, 0.15) is 62.5 Å². The number of Topliss-reactive ketones (excluding diaryl/α,β-unsaturated/α-hetero) is 2. The van der Waals surface area contributed by atoms with Crippen LogP contribution >= 0.6 is 15.9 Å². The number of benzene rings is 2. The van der Waals surface area contributed by atoms with Crippen molar-refractivity contribution in [1.82, 2.24) is 0 Å². The van der Waals surface area contributed by atoms with E-state index in [4.69, 9.17) is 14.2 Å². The minimum Gasteiger partial charge on any atom is -0.490 e. The lowest BCUT2D eigenvalue weighted by atomic mass is 9.73. The number of hydrogen-bond acceptors (Lipinski definition) is 7. The third-order valence-corrected chi connectivity index (χ3v) is 7.40. The molecular weight excluding hydrogens is 542 g/mol. The van der Waals surface area contributed by atoms with Crippen LogP contribution in [0, 0.1) is 10.1 Å². The van der Waals surface area contributed by atoms with Crippen molar-refractivity contribution in [1.29, 1.82) is 0 Å². The third kappa shape index (κ3) is 4.92. The van der Waals surface area contributed by atoms with Crippen molar-refractivity contribution in [2.75, 3.05) is 6.61 Å². The predicted molar refractivity (Wildman–Crippen MR) is 138 cm³/mol. The van der Waals surface area contributed by atoms with Gasteiger partial charge in [0.05, 0.1) is 16.0 Å². The van der Waals surface area contributed by atoms with Crippen LogP contribution in [0.5, 0.6) is 11.5 Å². The van der Waals surface area contributed by atoms with E-state index in [1.807, 2.05) is 19.1 Å². The fourth-order valence-corrected chi connectivity index (χ4v) is 5.80. The molecule has 0 bridgehead atoms. The first kappa shape index (κ1) is 25.2. The number of nitro benzene ring substituents is 1. The number of rotatable bonds is 7. The van der Waals surface area contributed by atoms with Crippen molar-refractivity contribution in [2.24, 2.45) is 0 Å². The number of ether oxygens (including phenoxy) is 3.